The third-order valence-corrected chi connectivity index (χ3v) is 4.28. The first-order valence-corrected chi connectivity index (χ1v) is 7.52. The van der Waals surface area contributed by atoms with E-state index >= 15 is 0 Å². The van der Waals surface area contributed by atoms with Gasteiger partial charge in [-0.25, -0.2) is 0 Å². The Morgan fingerprint density at radius 2 is 1.33 bits per heavy atom. The summed E-state index contributed by atoms with van der Waals surface area (Å²) in [5, 5.41) is 0. The average Bonchev–Trinajstić information content (AvgIpc) is 2.52. The largest absolute Gasteiger partial charge is 0.399 e. The molecule has 0 bridgehead atoms. The highest BCUT2D eigenvalue weighted by atomic mass is 32.2. The molecule has 0 saturated carbocycles. The summed E-state index contributed by atoms with van der Waals surface area (Å²) >= 11 is 1.72. The molecule has 0 radical (unpaired) electrons. The number of hydrogen-bond acceptors (Lipinski definition) is 3. The van der Waals surface area contributed by atoms with Crippen molar-refractivity contribution in [2.24, 2.45) is 0 Å². The Morgan fingerprint density at radius 1 is 0.667 bits per heavy atom. The number of anilines is 2. The van der Waals surface area contributed by atoms with Crippen LogP contribution in [0, 0.1) is 0 Å². The van der Waals surface area contributed by atoms with E-state index in [1.54, 1.807) is 11.8 Å². The summed E-state index contributed by atoms with van der Waals surface area (Å²) < 4.78 is 0. The molecule has 0 aliphatic heterocycles. The van der Waals surface area contributed by atoms with Gasteiger partial charge in [0.25, 0.3) is 0 Å². The minimum atomic E-state index is 0.774. The number of nitrogen functional groups attached to an aromatic ring is 2. The fourth-order valence-electron chi connectivity index (χ4n) is 2.14. The molecule has 0 unspecified atom stereocenters. The summed E-state index contributed by atoms with van der Waals surface area (Å²) in [6.45, 7) is 0. The topological polar surface area (TPSA) is 52.0 Å². The Hall–Kier alpha value is -2.39. The molecule has 3 heteroatoms. The van der Waals surface area contributed by atoms with Crippen LogP contribution in [0.2, 0.25) is 0 Å². The molecular weight excluding hydrogens is 276 g/mol. The summed E-state index contributed by atoms with van der Waals surface area (Å²) in [5.74, 6) is 0. The highest BCUT2D eigenvalue weighted by molar-refractivity contribution is 7.99. The van der Waals surface area contributed by atoms with E-state index in [1.807, 2.05) is 54.6 Å². The first-order chi connectivity index (χ1) is 10.2. The van der Waals surface area contributed by atoms with E-state index in [0.717, 1.165) is 21.8 Å². The van der Waals surface area contributed by atoms with Gasteiger partial charge in [0.05, 0.1) is 0 Å². The van der Waals surface area contributed by atoms with Gasteiger partial charge >= 0.3 is 0 Å². The third-order valence-electron chi connectivity index (χ3n) is 3.20. The van der Waals surface area contributed by atoms with E-state index < -0.39 is 0 Å². The molecule has 0 aromatic heterocycles. The molecule has 0 aliphatic rings. The molecular formula is C18H16N2S. The molecule has 0 fully saturated rings. The maximum atomic E-state index is 5.95. The van der Waals surface area contributed by atoms with Crippen molar-refractivity contribution in [1.82, 2.24) is 0 Å². The molecule has 0 atom stereocenters. The van der Waals surface area contributed by atoms with Crippen molar-refractivity contribution in [3.05, 3.63) is 72.8 Å². The van der Waals surface area contributed by atoms with Crippen molar-refractivity contribution in [1.29, 1.82) is 0 Å². The van der Waals surface area contributed by atoms with Crippen LogP contribution >= 0.6 is 11.8 Å². The second-order valence-electron chi connectivity index (χ2n) is 4.79. The van der Waals surface area contributed by atoms with Crippen molar-refractivity contribution in [3.8, 4) is 11.1 Å². The first-order valence-electron chi connectivity index (χ1n) is 6.71. The van der Waals surface area contributed by atoms with Gasteiger partial charge in [-0.2, -0.15) is 0 Å². The van der Waals surface area contributed by atoms with Crippen LogP contribution in [0.4, 0.5) is 11.4 Å². The molecule has 3 rings (SSSR count). The van der Waals surface area contributed by atoms with Crippen LogP contribution in [0.5, 0.6) is 0 Å². The van der Waals surface area contributed by atoms with Gasteiger partial charge in [-0.1, -0.05) is 42.1 Å². The van der Waals surface area contributed by atoms with E-state index in [9.17, 15) is 0 Å². The molecule has 3 aromatic rings. The number of benzene rings is 3. The fourth-order valence-corrected chi connectivity index (χ4v) is 3.09. The quantitative estimate of drug-likeness (QED) is 0.690. The van der Waals surface area contributed by atoms with Crippen LogP contribution in [0.25, 0.3) is 11.1 Å². The molecule has 0 heterocycles. The van der Waals surface area contributed by atoms with Crippen LogP contribution in [0.15, 0.2) is 82.6 Å². The maximum absolute atomic E-state index is 5.95. The number of rotatable bonds is 3. The Labute approximate surface area is 128 Å². The molecule has 3 aromatic carbocycles. The summed E-state index contributed by atoms with van der Waals surface area (Å²) in [4.78, 5) is 2.34. The number of nitrogens with two attached hydrogens (primary N) is 2. The number of hydrogen-bond donors (Lipinski definition) is 2. The summed E-state index contributed by atoms with van der Waals surface area (Å²) in [5.41, 5.74) is 15.6. The van der Waals surface area contributed by atoms with Gasteiger partial charge in [0.15, 0.2) is 0 Å². The highest BCUT2D eigenvalue weighted by Gasteiger charge is 2.07. The van der Waals surface area contributed by atoms with E-state index in [4.69, 9.17) is 11.5 Å². The summed E-state index contributed by atoms with van der Waals surface area (Å²) in [6.07, 6.45) is 0. The molecule has 0 amide bonds. The van der Waals surface area contributed by atoms with Gasteiger partial charge in [0, 0.05) is 21.2 Å². The average molecular weight is 292 g/mol. The highest BCUT2D eigenvalue weighted by Crippen LogP contribution is 2.37. The maximum Gasteiger partial charge on any atom is 0.0321 e. The Morgan fingerprint density at radius 3 is 2.05 bits per heavy atom. The Balaban J connectivity index is 2.00. The van der Waals surface area contributed by atoms with Crippen molar-refractivity contribution in [2.75, 3.05) is 11.5 Å². The summed E-state index contributed by atoms with van der Waals surface area (Å²) in [6, 6.07) is 24.2. The fraction of sp³-hybridized carbons (Fsp3) is 0. The van der Waals surface area contributed by atoms with Crippen molar-refractivity contribution >= 4 is 23.1 Å². The summed E-state index contributed by atoms with van der Waals surface area (Å²) in [7, 11) is 0. The lowest BCUT2D eigenvalue weighted by Crippen LogP contribution is -1.89. The SMILES string of the molecule is Nc1ccc(Sc2ccc(N)cc2-c2ccccc2)cc1. The molecule has 104 valence electrons. The Bertz CT molecular complexity index is 737. The van der Waals surface area contributed by atoms with E-state index in [2.05, 4.69) is 18.2 Å². The minimum Gasteiger partial charge on any atom is -0.399 e. The predicted molar refractivity (Wildman–Crippen MR) is 91.3 cm³/mol. The van der Waals surface area contributed by atoms with Crippen LogP contribution in [-0.2, 0) is 0 Å². The van der Waals surface area contributed by atoms with Gasteiger partial charge < -0.3 is 11.5 Å². The lowest BCUT2D eigenvalue weighted by atomic mass is 10.1. The molecule has 0 saturated heterocycles. The zero-order chi connectivity index (χ0) is 14.7. The van der Waals surface area contributed by atoms with E-state index in [-0.39, 0.29) is 0 Å². The van der Waals surface area contributed by atoms with Crippen LogP contribution < -0.4 is 11.5 Å². The van der Waals surface area contributed by atoms with E-state index in [1.165, 1.54) is 10.5 Å². The minimum absolute atomic E-state index is 0.774. The van der Waals surface area contributed by atoms with Crippen LogP contribution in [-0.4, -0.2) is 0 Å². The van der Waals surface area contributed by atoms with E-state index in [0.29, 0.717) is 0 Å². The standard InChI is InChI=1S/C18H16N2S/c19-14-6-9-16(10-7-14)21-18-11-8-15(20)12-17(18)13-4-2-1-3-5-13/h1-12H,19-20H2. The Kier molecular flexibility index (Phi) is 3.84. The smallest absolute Gasteiger partial charge is 0.0321 e. The second-order valence-corrected chi connectivity index (χ2v) is 5.91. The van der Waals surface area contributed by atoms with Gasteiger partial charge in [-0.15, -0.1) is 0 Å². The lowest BCUT2D eigenvalue weighted by Gasteiger charge is -2.11. The molecule has 0 aliphatic carbocycles. The van der Waals surface area contributed by atoms with Crippen LogP contribution in [0.1, 0.15) is 0 Å². The van der Waals surface area contributed by atoms with Crippen LogP contribution in [0.3, 0.4) is 0 Å². The molecule has 4 N–H and O–H groups in total. The molecule has 0 spiro atoms. The van der Waals surface area contributed by atoms with Crippen molar-refractivity contribution in [3.63, 3.8) is 0 Å². The normalized spacial score (nSPS) is 10.5. The van der Waals surface area contributed by atoms with Crippen molar-refractivity contribution in [2.45, 2.75) is 9.79 Å². The van der Waals surface area contributed by atoms with Gasteiger partial charge in [0.2, 0.25) is 0 Å². The monoisotopic (exact) mass is 292 g/mol. The lowest BCUT2D eigenvalue weighted by molar-refractivity contribution is 1.40. The molecule has 21 heavy (non-hydrogen) atoms. The first kappa shape index (κ1) is 13.6. The second kappa shape index (κ2) is 5.94. The third kappa shape index (κ3) is 3.20. The molecule has 2 nitrogen and oxygen atoms in total. The van der Waals surface area contributed by atoms with Crippen molar-refractivity contribution < 1.29 is 0 Å². The van der Waals surface area contributed by atoms with Gasteiger partial charge in [0.1, 0.15) is 0 Å². The van der Waals surface area contributed by atoms with Gasteiger partial charge in [-0.05, 0) is 53.6 Å². The zero-order valence-corrected chi connectivity index (χ0v) is 12.3. The zero-order valence-electron chi connectivity index (χ0n) is 11.5. The predicted octanol–water partition coefficient (Wildman–Crippen LogP) is 4.67. The van der Waals surface area contributed by atoms with Gasteiger partial charge in [-0.3, -0.25) is 0 Å².